The van der Waals surface area contributed by atoms with E-state index < -0.39 is 6.17 Å². The summed E-state index contributed by atoms with van der Waals surface area (Å²) in [5, 5.41) is 0. The Balaban J connectivity index is 1.93. The number of nitrogens with zero attached hydrogens (tertiary/aromatic N) is 1. The Kier molecular flexibility index (Phi) is 4.54. The van der Waals surface area contributed by atoms with Crippen LogP contribution in [0.15, 0.2) is 0 Å². The normalized spacial score (nSPS) is 25.0. The van der Waals surface area contributed by atoms with E-state index in [1.54, 1.807) is 0 Å². The number of alkyl halides is 1. The largest absolute Gasteiger partial charge is 0.382 e. The molecule has 0 amide bonds. The highest BCUT2D eigenvalue weighted by Gasteiger charge is 2.20. The van der Waals surface area contributed by atoms with Gasteiger partial charge in [0.2, 0.25) is 0 Å². The van der Waals surface area contributed by atoms with Crippen LogP contribution in [0.5, 0.6) is 0 Å². The molecular weight excluding hydrogens is 157 g/mol. The topological polar surface area (TPSA) is 12.5 Å². The molecule has 1 aliphatic rings. The molecule has 0 aromatic heterocycles. The molecule has 0 saturated carbocycles. The lowest BCUT2D eigenvalue weighted by molar-refractivity contribution is 0.134. The third-order valence-corrected chi connectivity index (χ3v) is 2.18. The highest BCUT2D eigenvalue weighted by molar-refractivity contribution is 4.74. The summed E-state index contributed by atoms with van der Waals surface area (Å²) in [6.45, 7) is 6.13. The standard InChI is InChI=1S/C9H18FNO/c1-2-12-7-3-5-11-6-4-9(10)8-11/h9H,2-8H2,1H3/t9-/m1/s1. The van der Waals surface area contributed by atoms with Gasteiger partial charge >= 0.3 is 0 Å². The summed E-state index contributed by atoms with van der Waals surface area (Å²) in [6, 6.07) is 0. The smallest absolute Gasteiger partial charge is 0.114 e. The van der Waals surface area contributed by atoms with Gasteiger partial charge in [-0.05, 0) is 19.8 Å². The molecule has 1 aliphatic heterocycles. The SMILES string of the molecule is CCOCCCN1CC[C@@H](F)C1. The summed E-state index contributed by atoms with van der Waals surface area (Å²) < 4.78 is 17.9. The number of halogens is 1. The molecule has 1 atom stereocenters. The maximum Gasteiger partial charge on any atom is 0.114 e. The summed E-state index contributed by atoms with van der Waals surface area (Å²) >= 11 is 0. The van der Waals surface area contributed by atoms with Crippen molar-refractivity contribution in [3.05, 3.63) is 0 Å². The van der Waals surface area contributed by atoms with E-state index in [0.29, 0.717) is 13.0 Å². The first kappa shape index (κ1) is 9.93. The number of hydrogen-bond acceptors (Lipinski definition) is 2. The van der Waals surface area contributed by atoms with Crippen LogP contribution in [0.3, 0.4) is 0 Å². The Labute approximate surface area is 73.7 Å². The lowest BCUT2D eigenvalue weighted by atomic mass is 10.3. The Morgan fingerprint density at radius 1 is 1.58 bits per heavy atom. The van der Waals surface area contributed by atoms with Crippen molar-refractivity contribution in [1.29, 1.82) is 0 Å². The third kappa shape index (κ3) is 3.50. The molecule has 1 saturated heterocycles. The van der Waals surface area contributed by atoms with E-state index >= 15 is 0 Å². The number of likely N-dealkylation sites (tertiary alicyclic amines) is 1. The molecule has 1 rings (SSSR count). The van der Waals surface area contributed by atoms with Crippen molar-refractivity contribution >= 4 is 0 Å². The van der Waals surface area contributed by atoms with Crippen LogP contribution in [-0.4, -0.2) is 43.9 Å². The number of rotatable bonds is 5. The molecule has 0 aliphatic carbocycles. The quantitative estimate of drug-likeness (QED) is 0.586. The van der Waals surface area contributed by atoms with E-state index in [0.717, 1.165) is 32.7 Å². The third-order valence-electron chi connectivity index (χ3n) is 2.18. The minimum absolute atomic E-state index is 0.586. The van der Waals surface area contributed by atoms with Crippen LogP contribution in [0.4, 0.5) is 4.39 Å². The van der Waals surface area contributed by atoms with E-state index in [2.05, 4.69) is 4.90 Å². The van der Waals surface area contributed by atoms with Gasteiger partial charge < -0.3 is 9.64 Å². The van der Waals surface area contributed by atoms with Gasteiger partial charge in [0, 0.05) is 32.8 Å². The molecule has 72 valence electrons. The van der Waals surface area contributed by atoms with Gasteiger partial charge in [-0.25, -0.2) is 4.39 Å². The van der Waals surface area contributed by atoms with Crippen LogP contribution >= 0.6 is 0 Å². The summed E-state index contributed by atoms with van der Waals surface area (Å²) in [6.07, 6.45) is 1.16. The molecule has 3 heteroatoms. The second-order valence-electron chi connectivity index (χ2n) is 3.24. The van der Waals surface area contributed by atoms with E-state index in [9.17, 15) is 4.39 Å². The van der Waals surface area contributed by atoms with Gasteiger partial charge in [-0.15, -0.1) is 0 Å². The van der Waals surface area contributed by atoms with Crippen molar-refractivity contribution in [2.24, 2.45) is 0 Å². The molecule has 1 fully saturated rings. The van der Waals surface area contributed by atoms with Gasteiger partial charge in [-0.3, -0.25) is 0 Å². The molecule has 0 aromatic rings. The molecule has 0 bridgehead atoms. The van der Waals surface area contributed by atoms with E-state index in [1.165, 1.54) is 0 Å². The molecule has 12 heavy (non-hydrogen) atoms. The highest BCUT2D eigenvalue weighted by atomic mass is 19.1. The maximum atomic E-state index is 12.7. The minimum atomic E-state index is -0.586. The average Bonchev–Trinajstić information content (AvgIpc) is 2.45. The molecule has 0 radical (unpaired) electrons. The van der Waals surface area contributed by atoms with E-state index in [-0.39, 0.29) is 0 Å². The predicted octanol–water partition coefficient (Wildman–Crippen LogP) is 1.46. The first-order chi connectivity index (χ1) is 5.83. The van der Waals surface area contributed by atoms with Gasteiger partial charge in [0.25, 0.3) is 0 Å². The zero-order valence-corrected chi connectivity index (χ0v) is 7.76. The fourth-order valence-corrected chi connectivity index (χ4v) is 1.52. The summed E-state index contributed by atoms with van der Waals surface area (Å²) in [5.74, 6) is 0. The second-order valence-corrected chi connectivity index (χ2v) is 3.24. The fraction of sp³-hybridized carbons (Fsp3) is 1.00. The first-order valence-corrected chi connectivity index (χ1v) is 4.77. The van der Waals surface area contributed by atoms with Crippen LogP contribution in [0.2, 0.25) is 0 Å². The minimum Gasteiger partial charge on any atom is -0.382 e. The number of ether oxygens (including phenoxy) is 1. The average molecular weight is 175 g/mol. The molecule has 2 nitrogen and oxygen atoms in total. The highest BCUT2D eigenvalue weighted by Crippen LogP contribution is 2.11. The van der Waals surface area contributed by atoms with Crippen molar-refractivity contribution in [2.75, 3.05) is 32.8 Å². The molecule has 0 N–H and O–H groups in total. The Bertz CT molecular complexity index is 121. The Hall–Kier alpha value is -0.150. The van der Waals surface area contributed by atoms with Crippen LogP contribution in [-0.2, 0) is 4.74 Å². The maximum absolute atomic E-state index is 12.7. The lowest BCUT2D eigenvalue weighted by Gasteiger charge is -2.13. The van der Waals surface area contributed by atoms with Crippen LogP contribution < -0.4 is 0 Å². The van der Waals surface area contributed by atoms with Gasteiger partial charge in [0.05, 0.1) is 0 Å². The zero-order valence-electron chi connectivity index (χ0n) is 7.76. The van der Waals surface area contributed by atoms with E-state index in [4.69, 9.17) is 4.74 Å². The van der Waals surface area contributed by atoms with Crippen molar-refractivity contribution < 1.29 is 9.13 Å². The lowest BCUT2D eigenvalue weighted by Crippen LogP contribution is -2.23. The molecular formula is C9H18FNO. The number of hydrogen-bond donors (Lipinski definition) is 0. The van der Waals surface area contributed by atoms with Crippen molar-refractivity contribution in [3.8, 4) is 0 Å². The predicted molar refractivity (Wildman–Crippen MR) is 47.1 cm³/mol. The monoisotopic (exact) mass is 175 g/mol. The van der Waals surface area contributed by atoms with Crippen molar-refractivity contribution in [2.45, 2.75) is 25.9 Å². The second kappa shape index (κ2) is 5.49. The van der Waals surface area contributed by atoms with Crippen LogP contribution in [0.25, 0.3) is 0 Å². The molecule has 0 spiro atoms. The van der Waals surface area contributed by atoms with E-state index in [1.807, 2.05) is 6.92 Å². The first-order valence-electron chi connectivity index (χ1n) is 4.77. The van der Waals surface area contributed by atoms with Crippen molar-refractivity contribution in [1.82, 2.24) is 4.90 Å². The summed E-state index contributed by atoms with van der Waals surface area (Å²) in [7, 11) is 0. The van der Waals surface area contributed by atoms with Gasteiger partial charge in [0.1, 0.15) is 6.17 Å². The van der Waals surface area contributed by atoms with Crippen LogP contribution in [0, 0.1) is 0 Å². The Morgan fingerprint density at radius 2 is 2.42 bits per heavy atom. The van der Waals surface area contributed by atoms with Gasteiger partial charge in [-0.2, -0.15) is 0 Å². The van der Waals surface area contributed by atoms with Gasteiger partial charge in [0.15, 0.2) is 0 Å². The molecule has 0 unspecified atom stereocenters. The fourth-order valence-electron chi connectivity index (χ4n) is 1.52. The molecule has 0 aromatic carbocycles. The zero-order chi connectivity index (χ0) is 8.81. The van der Waals surface area contributed by atoms with Gasteiger partial charge in [-0.1, -0.05) is 0 Å². The van der Waals surface area contributed by atoms with Crippen molar-refractivity contribution in [3.63, 3.8) is 0 Å². The van der Waals surface area contributed by atoms with Crippen LogP contribution in [0.1, 0.15) is 19.8 Å². The Morgan fingerprint density at radius 3 is 3.00 bits per heavy atom. The summed E-state index contributed by atoms with van der Waals surface area (Å²) in [5.41, 5.74) is 0. The molecule has 1 heterocycles. The summed E-state index contributed by atoms with van der Waals surface area (Å²) in [4.78, 5) is 2.17.